The molecule has 0 N–H and O–H groups in total. The van der Waals surface area contributed by atoms with Gasteiger partial charge in [-0.1, -0.05) is 93.9 Å². The number of ether oxygens (including phenoxy) is 5. The van der Waals surface area contributed by atoms with Gasteiger partial charge in [0, 0.05) is 10.8 Å². The molecule has 0 fully saturated rings. The van der Waals surface area contributed by atoms with Crippen LogP contribution >= 0.6 is 46.4 Å². The molecule has 4 aromatic carbocycles. The van der Waals surface area contributed by atoms with Crippen LogP contribution in [0.4, 0.5) is 0 Å². The van der Waals surface area contributed by atoms with Crippen LogP contribution in [0.1, 0.15) is 86.4 Å². The average molecular weight is 893 g/mol. The molecule has 2 unspecified atom stereocenters. The number of allylic oxidation sites excluding steroid dienone is 2. The first-order valence-corrected chi connectivity index (χ1v) is 21.5. The number of alkyl halides is 2. The van der Waals surface area contributed by atoms with E-state index in [2.05, 4.69) is 63.5 Å². The number of rotatable bonds is 21. The molecule has 12 heteroatoms. The Bertz CT molecular complexity index is 2320. The first kappa shape index (κ1) is 46.3. The molecule has 0 aliphatic carbocycles. The highest BCUT2D eigenvalue weighted by Crippen LogP contribution is 2.55. The van der Waals surface area contributed by atoms with Gasteiger partial charge in [0.2, 0.25) is 0 Å². The van der Waals surface area contributed by atoms with E-state index < -0.39 is 10.8 Å². The minimum Gasteiger partial charge on any atom is -0.490 e. The lowest BCUT2D eigenvalue weighted by Gasteiger charge is -2.49. The second kappa shape index (κ2) is 21.1. The van der Waals surface area contributed by atoms with Crippen molar-refractivity contribution in [2.45, 2.75) is 71.8 Å². The van der Waals surface area contributed by atoms with Crippen LogP contribution in [-0.4, -0.2) is 36.6 Å². The van der Waals surface area contributed by atoms with Crippen molar-refractivity contribution >= 4 is 46.4 Å². The van der Waals surface area contributed by atoms with Gasteiger partial charge in [0.05, 0.1) is 27.6 Å². The smallest absolute Gasteiger partial charge is 0.185 e. The fourth-order valence-corrected chi connectivity index (χ4v) is 8.10. The molecule has 2 atom stereocenters. The van der Waals surface area contributed by atoms with Crippen LogP contribution in [0.2, 0.25) is 10.0 Å². The number of hydrogen-bond donors (Lipinski definition) is 0. The van der Waals surface area contributed by atoms with Gasteiger partial charge in [-0.25, -0.2) is 4.98 Å². The van der Waals surface area contributed by atoms with E-state index in [9.17, 15) is 5.26 Å². The van der Waals surface area contributed by atoms with Crippen molar-refractivity contribution in [3.63, 3.8) is 0 Å². The normalized spacial score (nSPS) is 13.4. The topological polar surface area (TPSA) is 96.0 Å². The Balaban J connectivity index is 1.75. The third-order valence-corrected chi connectivity index (χ3v) is 11.8. The second-order valence-electron chi connectivity index (χ2n) is 14.3. The lowest BCUT2D eigenvalue weighted by Crippen LogP contribution is -2.47. The number of nitriles is 1. The van der Waals surface area contributed by atoms with E-state index in [1.807, 2.05) is 74.5 Å². The summed E-state index contributed by atoms with van der Waals surface area (Å²) >= 11 is 26.5. The lowest BCUT2D eigenvalue weighted by molar-refractivity contribution is 0.230. The maximum absolute atomic E-state index is 9.43. The zero-order valence-electron chi connectivity index (χ0n) is 34.8. The Kier molecular flexibility index (Phi) is 16.3. The Morgan fingerprint density at radius 2 is 1.25 bits per heavy atom. The monoisotopic (exact) mass is 890 g/mol. The molecule has 60 heavy (non-hydrogen) atoms. The summed E-state index contributed by atoms with van der Waals surface area (Å²) in [5, 5.41) is 10.4. The number of oxazole rings is 1. The van der Waals surface area contributed by atoms with Crippen molar-refractivity contribution < 1.29 is 28.1 Å². The van der Waals surface area contributed by atoms with Gasteiger partial charge in [0.15, 0.2) is 17.8 Å². The number of halogens is 4. The van der Waals surface area contributed by atoms with Gasteiger partial charge in [-0.05, 0) is 103 Å². The highest BCUT2D eigenvalue weighted by molar-refractivity contribution is 6.32. The van der Waals surface area contributed by atoms with Crippen molar-refractivity contribution in [1.29, 1.82) is 5.26 Å². The molecular formula is C48H50Cl4N2O6. The fraction of sp³-hybridized carbons (Fsp3) is 0.333. The number of aromatic nitrogens is 1. The molecule has 0 aliphatic heterocycles. The predicted molar refractivity (Wildman–Crippen MR) is 241 cm³/mol. The zero-order chi connectivity index (χ0) is 43.5. The standard InChI is InChI=1S/C48H50Cl4N2O6/c1-8-31(4)60-32(5)28-57-39-15-11-35(12-16-39)47(6,37-23-33(9-2)45(41(51)25-37)55-21-19-49)48(7,38-24-34(10-3)46(42(52)26-38)56-22-20-50)36-13-17-40(18-14-36)58-29-44-43(27-53)54-30-59-44/h8,11-18,23-26,30H,5,9-10,19-22,28-29H2,1-4,6-7H3/b31-8-. The molecule has 1 aromatic heterocycles. The van der Waals surface area contributed by atoms with Crippen LogP contribution in [-0.2, 0) is 35.0 Å². The first-order chi connectivity index (χ1) is 28.9. The predicted octanol–water partition coefficient (Wildman–Crippen LogP) is 12.9. The van der Waals surface area contributed by atoms with Crippen LogP contribution in [0, 0.1) is 11.3 Å². The van der Waals surface area contributed by atoms with E-state index in [-0.39, 0.29) is 18.9 Å². The molecule has 1 heterocycles. The molecule has 8 nitrogen and oxygen atoms in total. The van der Waals surface area contributed by atoms with E-state index >= 15 is 0 Å². The van der Waals surface area contributed by atoms with E-state index in [0.717, 1.165) is 39.1 Å². The number of nitrogens with zero attached hydrogens (tertiary/aromatic N) is 2. The molecular weight excluding hydrogens is 842 g/mol. The highest BCUT2D eigenvalue weighted by atomic mass is 35.5. The highest BCUT2D eigenvalue weighted by Gasteiger charge is 2.50. The molecule has 316 valence electrons. The van der Waals surface area contributed by atoms with Gasteiger partial charge in [-0.15, -0.1) is 23.2 Å². The van der Waals surface area contributed by atoms with Crippen molar-refractivity contribution in [2.24, 2.45) is 0 Å². The summed E-state index contributed by atoms with van der Waals surface area (Å²) in [4.78, 5) is 3.95. The Morgan fingerprint density at radius 1 is 0.767 bits per heavy atom. The number of aryl methyl sites for hydroxylation is 2. The van der Waals surface area contributed by atoms with E-state index in [4.69, 9.17) is 74.5 Å². The van der Waals surface area contributed by atoms with Gasteiger partial charge in [-0.3, -0.25) is 0 Å². The maximum Gasteiger partial charge on any atom is 0.185 e. The largest absolute Gasteiger partial charge is 0.490 e. The molecule has 0 spiro atoms. The molecule has 0 bridgehead atoms. The van der Waals surface area contributed by atoms with Crippen LogP contribution in [0.15, 0.2) is 108 Å². The molecule has 0 radical (unpaired) electrons. The van der Waals surface area contributed by atoms with Crippen molar-refractivity contribution in [2.75, 3.05) is 31.6 Å². The van der Waals surface area contributed by atoms with Crippen LogP contribution in [0.25, 0.3) is 0 Å². The summed E-state index contributed by atoms with van der Waals surface area (Å²) in [6.45, 7) is 17.2. The number of hydrogen-bond acceptors (Lipinski definition) is 8. The third kappa shape index (κ3) is 10.0. The van der Waals surface area contributed by atoms with Crippen LogP contribution < -0.4 is 18.9 Å². The third-order valence-electron chi connectivity index (χ3n) is 10.9. The number of benzene rings is 4. The van der Waals surface area contributed by atoms with Crippen LogP contribution in [0.5, 0.6) is 23.0 Å². The SMILES string of the molecule is C=C(COc1ccc(C(C)(c2cc(Cl)c(OCCCl)c(CC)c2)C(C)(c2ccc(OCc3ocnc3C#N)cc2)c2cc(Cl)c(OCCCl)c(CC)c2)cc1)O/C(C)=C\C. The second-order valence-corrected chi connectivity index (χ2v) is 15.9. The Hall–Kier alpha value is -4.78. The molecule has 5 aromatic rings. The van der Waals surface area contributed by atoms with E-state index in [1.54, 1.807) is 0 Å². The summed E-state index contributed by atoms with van der Waals surface area (Å²) < 4.78 is 35.6. The van der Waals surface area contributed by atoms with Gasteiger partial charge in [0.25, 0.3) is 0 Å². The quantitative estimate of drug-likeness (QED) is 0.0531. The maximum atomic E-state index is 9.43. The molecule has 0 amide bonds. The first-order valence-electron chi connectivity index (χ1n) is 19.7. The minimum absolute atomic E-state index is 0.0374. The Morgan fingerprint density at radius 3 is 1.68 bits per heavy atom. The summed E-state index contributed by atoms with van der Waals surface area (Å²) in [7, 11) is 0. The molecule has 0 saturated carbocycles. The lowest BCUT2D eigenvalue weighted by atomic mass is 9.53. The van der Waals surface area contributed by atoms with Gasteiger partial charge >= 0.3 is 0 Å². The summed E-state index contributed by atoms with van der Waals surface area (Å²) in [6, 6.07) is 26.3. The fourth-order valence-electron chi connectivity index (χ4n) is 7.36. The van der Waals surface area contributed by atoms with Crippen molar-refractivity contribution in [1.82, 2.24) is 4.98 Å². The summed E-state index contributed by atoms with van der Waals surface area (Å²) in [6.07, 6.45) is 4.42. The summed E-state index contributed by atoms with van der Waals surface area (Å²) in [5.74, 6) is 4.66. The van der Waals surface area contributed by atoms with E-state index in [1.165, 1.54) is 6.39 Å². The van der Waals surface area contributed by atoms with E-state index in [0.29, 0.717) is 82.4 Å². The molecule has 0 saturated heterocycles. The van der Waals surface area contributed by atoms with Gasteiger partial charge < -0.3 is 28.1 Å². The Labute approximate surface area is 373 Å². The molecule has 5 rings (SSSR count). The average Bonchev–Trinajstić information content (AvgIpc) is 3.73. The summed E-state index contributed by atoms with van der Waals surface area (Å²) in [5.41, 5.74) is 4.12. The van der Waals surface area contributed by atoms with Gasteiger partial charge in [0.1, 0.15) is 61.3 Å². The van der Waals surface area contributed by atoms with Gasteiger partial charge in [-0.2, -0.15) is 5.26 Å². The van der Waals surface area contributed by atoms with Crippen molar-refractivity contribution in [3.8, 4) is 29.1 Å². The van der Waals surface area contributed by atoms with Crippen molar-refractivity contribution in [3.05, 3.63) is 158 Å². The van der Waals surface area contributed by atoms with Crippen LogP contribution in [0.3, 0.4) is 0 Å². The zero-order valence-corrected chi connectivity index (χ0v) is 37.8. The molecule has 0 aliphatic rings. The minimum atomic E-state index is -0.871.